The van der Waals surface area contributed by atoms with Gasteiger partial charge in [0, 0.05) is 18.8 Å². The molecule has 1 aliphatic carbocycles. The van der Waals surface area contributed by atoms with E-state index < -0.39 is 30.1 Å². The standard InChI is InChI=1S/C26H25N3O5/c1-2-9-23(25(31)32)28-24(30)22(14-7-8-15-27)29-26(33)34-16-21-19-12-5-3-10-17(19)18-11-4-6-13-20(18)21/h1,3-6,10-13,21-23H,7-9,14,16H2,(H,28,30)(H,29,33)(H,31,32). The van der Waals surface area contributed by atoms with E-state index in [4.69, 9.17) is 16.4 Å². The van der Waals surface area contributed by atoms with Crippen LogP contribution in [0.3, 0.4) is 0 Å². The number of rotatable bonds is 10. The molecule has 174 valence electrons. The summed E-state index contributed by atoms with van der Waals surface area (Å²) in [6, 6.07) is 15.5. The number of benzene rings is 2. The monoisotopic (exact) mass is 459 g/mol. The predicted octanol–water partition coefficient (Wildman–Crippen LogP) is 3.18. The summed E-state index contributed by atoms with van der Waals surface area (Å²) in [5, 5.41) is 22.9. The maximum Gasteiger partial charge on any atom is 0.407 e. The zero-order valence-electron chi connectivity index (χ0n) is 18.5. The number of fused-ring (bicyclic) bond motifs is 3. The van der Waals surface area contributed by atoms with Gasteiger partial charge in [-0.1, -0.05) is 48.5 Å². The number of hydrogen-bond donors (Lipinski definition) is 3. The molecule has 3 N–H and O–H groups in total. The minimum absolute atomic E-state index is 0.0707. The Bertz CT molecular complexity index is 1100. The average Bonchev–Trinajstić information content (AvgIpc) is 3.15. The molecule has 0 heterocycles. The molecule has 0 bridgehead atoms. The Morgan fingerprint density at radius 3 is 2.21 bits per heavy atom. The van der Waals surface area contributed by atoms with Crippen molar-refractivity contribution in [3.63, 3.8) is 0 Å². The molecule has 0 saturated carbocycles. The van der Waals surface area contributed by atoms with Crippen LogP contribution in [-0.4, -0.2) is 41.8 Å². The molecule has 1 aliphatic rings. The van der Waals surface area contributed by atoms with Crippen molar-refractivity contribution >= 4 is 18.0 Å². The SMILES string of the molecule is C#CCC(NC(=O)C(CCCC#N)NC(=O)OCC1c2ccccc2-c2ccccc21)C(=O)O. The van der Waals surface area contributed by atoms with E-state index in [0.29, 0.717) is 6.42 Å². The normalized spacial score (nSPS) is 13.4. The molecule has 8 nitrogen and oxygen atoms in total. The Kier molecular flexibility index (Phi) is 8.26. The predicted molar refractivity (Wildman–Crippen MR) is 124 cm³/mol. The van der Waals surface area contributed by atoms with Crippen LogP contribution in [0.5, 0.6) is 0 Å². The number of alkyl carbamates (subject to hydrolysis) is 1. The number of carboxylic acids is 1. The van der Waals surface area contributed by atoms with Crippen LogP contribution in [0.25, 0.3) is 11.1 Å². The van der Waals surface area contributed by atoms with Gasteiger partial charge >= 0.3 is 12.1 Å². The van der Waals surface area contributed by atoms with Crippen LogP contribution in [-0.2, 0) is 14.3 Å². The third-order valence-corrected chi connectivity index (χ3v) is 5.67. The molecule has 34 heavy (non-hydrogen) atoms. The summed E-state index contributed by atoms with van der Waals surface area (Å²) >= 11 is 0. The summed E-state index contributed by atoms with van der Waals surface area (Å²) in [6.45, 7) is 0.0707. The first-order valence-corrected chi connectivity index (χ1v) is 10.9. The van der Waals surface area contributed by atoms with Crippen molar-refractivity contribution < 1.29 is 24.2 Å². The van der Waals surface area contributed by atoms with Gasteiger partial charge in [0.1, 0.15) is 18.7 Å². The number of hydrogen-bond acceptors (Lipinski definition) is 5. The molecule has 0 spiro atoms. The third-order valence-electron chi connectivity index (χ3n) is 5.67. The highest BCUT2D eigenvalue weighted by Crippen LogP contribution is 2.44. The lowest BCUT2D eigenvalue weighted by Crippen LogP contribution is -2.51. The summed E-state index contributed by atoms with van der Waals surface area (Å²) < 4.78 is 5.48. The molecular weight excluding hydrogens is 434 g/mol. The topological polar surface area (TPSA) is 129 Å². The van der Waals surface area contributed by atoms with E-state index >= 15 is 0 Å². The van der Waals surface area contributed by atoms with Gasteiger partial charge in [0.2, 0.25) is 5.91 Å². The average molecular weight is 460 g/mol. The number of amides is 2. The van der Waals surface area contributed by atoms with Gasteiger partial charge in [-0.2, -0.15) is 5.26 Å². The fourth-order valence-electron chi connectivity index (χ4n) is 4.03. The second-order valence-electron chi connectivity index (χ2n) is 7.88. The summed E-state index contributed by atoms with van der Waals surface area (Å²) in [4.78, 5) is 36.6. The number of ether oxygens (including phenoxy) is 1. The number of carbonyl (C=O) groups is 3. The van der Waals surface area contributed by atoms with Gasteiger partial charge < -0.3 is 20.5 Å². The van der Waals surface area contributed by atoms with E-state index in [2.05, 4.69) is 16.6 Å². The van der Waals surface area contributed by atoms with E-state index in [9.17, 15) is 19.5 Å². The van der Waals surface area contributed by atoms with Gasteiger partial charge in [0.05, 0.1) is 6.07 Å². The second-order valence-corrected chi connectivity index (χ2v) is 7.88. The smallest absolute Gasteiger partial charge is 0.407 e. The number of carbonyl (C=O) groups excluding carboxylic acids is 2. The Morgan fingerprint density at radius 1 is 1.03 bits per heavy atom. The first-order chi connectivity index (χ1) is 16.5. The van der Waals surface area contributed by atoms with E-state index in [1.807, 2.05) is 54.6 Å². The molecule has 2 aromatic carbocycles. The fourth-order valence-corrected chi connectivity index (χ4v) is 4.03. The Labute approximate surface area is 197 Å². The molecule has 2 atom stereocenters. The largest absolute Gasteiger partial charge is 0.480 e. The number of unbranched alkanes of at least 4 members (excludes halogenated alkanes) is 1. The molecule has 8 heteroatoms. The number of nitriles is 1. The summed E-state index contributed by atoms with van der Waals surface area (Å²) in [6.07, 6.45) is 4.84. The Balaban J connectivity index is 1.66. The number of nitrogens with zero attached hydrogens (tertiary/aromatic N) is 1. The van der Waals surface area contributed by atoms with Crippen LogP contribution in [0.2, 0.25) is 0 Å². The lowest BCUT2D eigenvalue weighted by atomic mass is 9.98. The Hall–Kier alpha value is -4.30. The van der Waals surface area contributed by atoms with E-state index in [1.54, 1.807) is 0 Å². The van der Waals surface area contributed by atoms with Crippen molar-refractivity contribution in [1.82, 2.24) is 10.6 Å². The highest BCUT2D eigenvalue weighted by atomic mass is 16.5. The molecule has 2 unspecified atom stereocenters. The fraction of sp³-hybridized carbons (Fsp3) is 0.308. The van der Waals surface area contributed by atoms with E-state index in [-0.39, 0.29) is 31.8 Å². The lowest BCUT2D eigenvalue weighted by Gasteiger charge is -2.21. The number of terminal acetylenes is 1. The zero-order chi connectivity index (χ0) is 24.5. The lowest BCUT2D eigenvalue weighted by molar-refractivity contribution is -0.142. The van der Waals surface area contributed by atoms with Crippen molar-refractivity contribution in [3.05, 3.63) is 59.7 Å². The minimum atomic E-state index is -1.28. The van der Waals surface area contributed by atoms with Crippen LogP contribution in [0.15, 0.2) is 48.5 Å². The molecule has 0 aliphatic heterocycles. The number of nitrogens with one attached hydrogen (secondary N) is 2. The van der Waals surface area contributed by atoms with Crippen molar-refractivity contribution in [2.45, 2.75) is 43.7 Å². The second kappa shape index (κ2) is 11.5. The molecule has 0 aromatic heterocycles. The van der Waals surface area contributed by atoms with E-state index in [0.717, 1.165) is 22.3 Å². The van der Waals surface area contributed by atoms with Crippen LogP contribution < -0.4 is 10.6 Å². The molecule has 0 fully saturated rings. The van der Waals surface area contributed by atoms with Crippen molar-refractivity contribution in [1.29, 1.82) is 5.26 Å². The highest BCUT2D eigenvalue weighted by Gasteiger charge is 2.30. The van der Waals surface area contributed by atoms with E-state index in [1.165, 1.54) is 0 Å². The van der Waals surface area contributed by atoms with Gasteiger partial charge in [-0.15, -0.1) is 12.3 Å². The molecule has 2 aromatic rings. The molecule has 0 radical (unpaired) electrons. The molecule has 2 amide bonds. The van der Waals surface area contributed by atoms with Crippen LogP contribution in [0.4, 0.5) is 4.79 Å². The Morgan fingerprint density at radius 2 is 1.65 bits per heavy atom. The van der Waals surface area contributed by atoms with Crippen molar-refractivity contribution in [3.8, 4) is 29.5 Å². The van der Waals surface area contributed by atoms with Gasteiger partial charge in [-0.05, 0) is 35.1 Å². The quantitative estimate of drug-likeness (QED) is 0.370. The first-order valence-electron chi connectivity index (χ1n) is 10.9. The van der Waals surface area contributed by atoms with Crippen LogP contribution in [0, 0.1) is 23.7 Å². The molecular formula is C26H25N3O5. The van der Waals surface area contributed by atoms with Crippen molar-refractivity contribution in [2.24, 2.45) is 0 Å². The number of carboxylic acid groups (broad SMARTS) is 1. The maximum absolute atomic E-state index is 12.7. The molecule has 0 saturated heterocycles. The maximum atomic E-state index is 12.7. The van der Waals surface area contributed by atoms with Gasteiger partial charge in [-0.25, -0.2) is 9.59 Å². The van der Waals surface area contributed by atoms with Crippen LogP contribution in [0.1, 0.15) is 42.7 Å². The number of aliphatic carboxylic acids is 1. The van der Waals surface area contributed by atoms with Gasteiger partial charge in [0.15, 0.2) is 0 Å². The van der Waals surface area contributed by atoms with Gasteiger partial charge in [-0.3, -0.25) is 4.79 Å². The van der Waals surface area contributed by atoms with Crippen LogP contribution >= 0.6 is 0 Å². The summed E-state index contributed by atoms with van der Waals surface area (Å²) in [5.41, 5.74) is 4.29. The third kappa shape index (κ3) is 5.73. The van der Waals surface area contributed by atoms with Gasteiger partial charge in [0.25, 0.3) is 0 Å². The summed E-state index contributed by atoms with van der Waals surface area (Å²) in [5.74, 6) is 0.0864. The van der Waals surface area contributed by atoms with Crippen molar-refractivity contribution in [2.75, 3.05) is 6.61 Å². The summed E-state index contributed by atoms with van der Waals surface area (Å²) in [7, 11) is 0. The minimum Gasteiger partial charge on any atom is -0.480 e. The molecule has 3 rings (SSSR count). The highest BCUT2D eigenvalue weighted by molar-refractivity contribution is 5.89. The zero-order valence-corrected chi connectivity index (χ0v) is 18.5. The first kappa shape index (κ1) is 24.3.